The fraction of sp³-hybridized carbons (Fsp3) is 0.310. The van der Waals surface area contributed by atoms with Gasteiger partial charge in [-0.15, -0.1) is 0 Å². The summed E-state index contributed by atoms with van der Waals surface area (Å²) in [7, 11) is 3.22. The molecule has 0 unspecified atom stereocenters. The van der Waals surface area contributed by atoms with Gasteiger partial charge in [0, 0.05) is 6.54 Å². The van der Waals surface area contributed by atoms with Crippen molar-refractivity contribution in [2.75, 3.05) is 33.9 Å². The molecule has 0 spiro atoms. The van der Waals surface area contributed by atoms with Crippen LogP contribution in [0.5, 0.6) is 11.5 Å². The molecule has 0 aliphatic rings. The van der Waals surface area contributed by atoms with Gasteiger partial charge in [0.2, 0.25) is 5.91 Å². The first kappa shape index (κ1) is 27.7. The maximum Gasteiger partial charge on any atom is 0.265 e. The van der Waals surface area contributed by atoms with Gasteiger partial charge in [0.15, 0.2) is 5.60 Å². The number of carbonyl (C=O) groups excluding carboxylic acids is 2. The van der Waals surface area contributed by atoms with Crippen LogP contribution in [0.1, 0.15) is 36.5 Å². The van der Waals surface area contributed by atoms with E-state index < -0.39 is 11.5 Å². The zero-order valence-electron chi connectivity index (χ0n) is 21.6. The van der Waals surface area contributed by atoms with E-state index in [0.29, 0.717) is 24.5 Å². The summed E-state index contributed by atoms with van der Waals surface area (Å²) in [6.45, 7) is 1.95. The van der Waals surface area contributed by atoms with Crippen LogP contribution in [0.3, 0.4) is 0 Å². The summed E-state index contributed by atoms with van der Waals surface area (Å²) in [5.74, 6) is 0.605. The van der Waals surface area contributed by atoms with E-state index in [-0.39, 0.29) is 19.0 Å². The Hall–Kier alpha value is -3.88. The lowest BCUT2D eigenvalue weighted by atomic mass is 9.80. The molecule has 0 bridgehead atoms. The molecule has 0 fully saturated rings. The van der Waals surface area contributed by atoms with Crippen LogP contribution < -0.4 is 20.5 Å². The van der Waals surface area contributed by atoms with Crippen molar-refractivity contribution in [3.05, 3.63) is 95.6 Å². The standard InChI is InChI=1S/C29H35N3O5/c1-4-5-19-32(28(34)21-31-27(33)20-30)37-29(22-9-7-6-8-10-22,23-11-15-25(35-2)16-12-23)24-13-17-26(36-3)18-14-24/h6-18H,4-5,19-21,30H2,1-3H3,(H,31,33). The van der Waals surface area contributed by atoms with Gasteiger partial charge >= 0.3 is 0 Å². The molecule has 3 aromatic rings. The van der Waals surface area contributed by atoms with Crippen LogP contribution in [0.4, 0.5) is 0 Å². The van der Waals surface area contributed by atoms with Gasteiger partial charge in [-0.3, -0.25) is 9.59 Å². The highest BCUT2D eigenvalue weighted by atomic mass is 16.7. The van der Waals surface area contributed by atoms with Crippen molar-refractivity contribution in [2.24, 2.45) is 5.73 Å². The van der Waals surface area contributed by atoms with E-state index in [2.05, 4.69) is 5.32 Å². The first-order valence-corrected chi connectivity index (χ1v) is 12.3. The summed E-state index contributed by atoms with van der Waals surface area (Å²) in [5, 5.41) is 3.90. The summed E-state index contributed by atoms with van der Waals surface area (Å²) in [6, 6.07) is 24.9. The molecule has 0 saturated heterocycles. The number of unbranched alkanes of at least 4 members (excludes halogenated alkanes) is 1. The summed E-state index contributed by atoms with van der Waals surface area (Å²) in [4.78, 5) is 31.9. The van der Waals surface area contributed by atoms with Crippen molar-refractivity contribution >= 4 is 11.8 Å². The number of hydroxylamine groups is 2. The molecule has 8 nitrogen and oxygen atoms in total. The average Bonchev–Trinajstić information content (AvgIpc) is 2.96. The lowest BCUT2D eigenvalue weighted by Gasteiger charge is -2.39. The maximum atomic E-state index is 13.3. The summed E-state index contributed by atoms with van der Waals surface area (Å²) >= 11 is 0. The van der Waals surface area contributed by atoms with Gasteiger partial charge < -0.3 is 20.5 Å². The molecule has 0 aromatic heterocycles. The van der Waals surface area contributed by atoms with Crippen LogP contribution in [0.25, 0.3) is 0 Å². The molecule has 0 aliphatic carbocycles. The van der Waals surface area contributed by atoms with Gasteiger partial charge in [-0.1, -0.05) is 67.9 Å². The second-order valence-electron chi connectivity index (χ2n) is 8.43. The van der Waals surface area contributed by atoms with Crippen molar-refractivity contribution in [3.63, 3.8) is 0 Å². The van der Waals surface area contributed by atoms with Crippen molar-refractivity contribution in [1.82, 2.24) is 10.4 Å². The Labute approximate surface area is 218 Å². The third-order valence-corrected chi connectivity index (χ3v) is 6.04. The second-order valence-corrected chi connectivity index (χ2v) is 8.43. The van der Waals surface area contributed by atoms with E-state index in [1.54, 1.807) is 14.2 Å². The van der Waals surface area contributed by atoms with Crippen molar-refractivity contribution in [2.45, 2.75) is 25.4 Å². The van der Waals surface area contributed by atoms with Crippen LogP contribution in [-0.4, -0.2) is 50.7 Å². The number of nitrogens with one attached hydrogen (secondary N) is 1. The van der Waals surface area contributed by atoms with Gasteiger partial charge in [-0.25, -0.2) is 9.90 Å². The van der Waals surface area contributed by atoms with Gasteiger partial charge in [0.05, 0.1) is 27.3 Å². The number of nitrogens with two attached hydrogens (primary N) is 1. The van der Waals surface area contributed by atoms with E-state index in [0.717, 1.165) is 23.1 Å². The second kappa shape index (κ2) is 13.4. The zero-order valence-corrected chi connectivity index (χ0v) is 21.6. The average molecular weight is 506 g/mol. The molecule has 37 heavy (non-hydrogen) atoms. The molecule has 0 heterocycles. The highest BCUT2D eigenvalue weighted by Gasteiger charge is 2.41. The minimum absolute atomic E-state index is 0.200. The fourth-order valence-electron chi connectivity index (χ4n) is 4.01. The van der Waals surface area contributed by atoms with Crippen LogP contribution in [0.15, 0.2) is 78.9 Å². The predicted molar refractivity (Wildman–Crippen MR) is 142 cm³/mol. The predicted octanol–water partition coefficient (Wildman–Crippen LogP) is 3.63. The Bertz CT molecular complexity index is 1090. The lowest BCUT2D eigenvalue weighted by Crippen LogP contribution is -2.47. The molecular weight excluding hydrogens is 470 g/mol. The van der Waals surface area contributed by atoms with Gasteiger partial charge in [-0.05, 0) is 47.4 Å². The molecule has 0 saturated carbocycles. The Balaban J connectivity index is 2.19. The fourth-order valence-corrected chi connectivity index (χ4v) is 4.01. The van der Waals surface area contributed by atoms with Crippen molar-refractivity contribution < 1.29 is 23.9 Å². The normalized spacial score (nSPS) is 11.0. The number of ether oxygens (including phenoxy) is 2. The van der Waals surface area contributed by atoms with Gasteiger partial charge in [0.25, 0.3) is 5.91 Å². The number of carbonyl (C=O) groups is 2. The molecule has 196 valence electrons. The molecule has 0 aliphatic heterocycles. The Morgan fingerprint density at radius 1 is 0.838 bits per heavy atom. The maximum absolute atomic E-state index is 13.3. The number of amides is 2. The monoisotopic (exact) mass is 505 g/mol. The Kier molecular flexibility index (Phi) is 10.1. The smallest absolute Gasteiger partial charge is 0.265 e. The molecular formula is C29H35N3O5. The SMILES string of the molecule is CCCCN(OC(c1ccccc1)(c1ccc(OC)cc1)c1ccc(OC)cc1)C(=O)CNC(=O)CN. The largest absolute Gasteiger partial charge is 0.497 e. The first-order chi connectivity index (χ1) is 18.0. The summed E-state index contributed by atoms with van der Waals surface area (Å²) < 4.78 is 10.8. The summed E-state index contributed by atoms with van der Waals surface area (Å²) in [6.07, 6.45) is 1.57. The number of nitrogens with zero attached hydrogens (tertiary/aromatic N) is 1. The first-order valence-electron chi connectivity index (χ1n) is 12.3. The molecule has 2 amide bonds. The van der Waals surface area contributed by atoms with Crippen LogP contribution >= 0.6 is 0 Å². The van der Waals surface area contributed by atoms with Gasteiger partial charge in [0.1, 0.15) is 11.5 Å². The number of hydrogen-bond acceptors (Lipinski definition) is 6. The third-order valence-electron chi connectivity index (χ3n) is 6.04. The quantitative estimate of drug-likeness (QED) is 0.272. The zero-order chi connectivity index (χ0) is 26.7. The number of benzene rings is 3. The number of rotatable bonds is 13. The van der Waals surface area contributed by atoms with Crippen molar-refractivity contribution in [3.8, 4) is 11.5 Å². The van der Waals surface area contributed by atoms with Crippen molar-refractivity contribution in [1.29, 1.82) is 0 Å². The van der Waals surface area contributed by atoms with Crippen LogP contribution in [0, 0.1) is 0 Å². The molecule has 3 aromatic carbocycles. The van der Waals surface area contributed by atoms with E-state index in [1.807, 2.05) is 85.8 Å². The minimum Gasteiger partial charge on any atom is -0.497 e. The Morgan fingerprint density at radius 2 is 1.35 bits per heavy atom. The molecule has 3 rings (SSSR count). The molecule has 0 radical (unpaired) electrons. The number of methoxy groups -OCH3 is 2. The Morgan fingerprint density at radius 3 is 1.81 bits per heavy atom. The van der Waals surface area contributed by atoms with E-state index in [4.69, 9.17) is 20.0 Å². The highest BCUT2D eigenvalue weighted by Crippen LogP contribution is 2.42. The van der Waals surface area contributed by atoms with E-state index in [1.165, 1.54) is 5.06 Å². The van der Waals surface area contributed by atoms with E-state index in [9.17, 15) is 9.59 Å². The van der Waals surface area contributed by atoms with E-state index >= 15 is 0 Å². The summed E-state index contributed by atoms with van der Waals surface area (Å²) in [5.41, 5.74) is 6.63. The van der Waals surface area contributed by atoms with Crippen LogP contribution in [-0.2, 0) is 20.0 Å². The molecule has 8 heteroatoms. The topological polar surface area (TPSA) is 103 Å². The van der Waals surface area contributed by atoms with Crippen LogP contribution in [0.2, 0.25) is 0 Å². The molecule has 0 atom stereocenters. The highest BCUT2D eigenvalue weighted by molar-refractivity contribution is 5.85. The minimum atomic E-state index is -1.19. The molecule has 3 N–H and O–H groups in total. The number of hydrogen-bond donors (Lipinski definition) is 2. The van der Waals surface area contributed by atoms with Gasteiger partial charge in [-0.2, -0.15) is 0 Å². The lowest BCUT2D eigenvalue weighted by molar-refractivity contribution is -0.222. The third kappa shape index (κ3) is 6.67.